The average molecular weight is 469 g/mol. The molecule has 1 aromatic heterocycles. The summed E-state index contributed by atoms with van der Waals surface area (Å²) in [7, 11) is -3.55. The molecule has 0 spiro atoms. The summed E-state index contributed by atoms with van der Waals surface area (Å²) in [6.07, 6.45) is 3.05. The number of carbonyl (C=O) groups is 1. The Balaban J connectivity index is 1.70. The zero-order valence-corrected chi connectivity index (χ0v) is 18.5. The number of nitrogens with one attached hydrogen (secondary N) is 1. The number of aromatic nitrogens is 2. The van der Waals surface area contributed by atoms with E-state index in [4.69, 9.17) is 0 Å². The van der Waals surface area contributed by atoms with Crippen LogP contribution in [0.1, 0.15) is 37.1 Å². The number of rotatable bonds is 6. The zero-order chi connectivity index (χ0) is 20.3. The van der Waals surface area contributed by atoms with Crippen LogP contribution in [-0.2, 0) is 21.4 Å². The molecule has 2 aromatic rings. The maximum Gasteiger partial charge on any atom is 0.246 e. The SMILES string of the molecule is Cc1nn(CCC(=O)Nc2cccc(Br)c2)c(C)c1S(=O)(=O)N1CCCCC1. The third kappa shape index (κ3) is 4.64. The highest BCUT2D eigenvalue weighted by atomic mass is 79.9. The van der Waals surface area contributed by atoms with Crippen molar-refractivity contribution >= 4 is 37.5 Å². The van der Waals surface area contributed by atoms with E-state index in [1.165, 1.54) is 0 Å². The second-order valence-corrected chi connectivity index (χ2v) is 9.79. The van der Waals surface area contributed by atoms with Crippen LogP contribution in [0.3, 0.4) is 0 Å². The van der Waals surface area contributed by atoms with Gasteiger partial charge in [-0.2, -0.15) is 9.40 Å². The van der Waals surface area contributed by atoms with E-state index >= 15 is 0 Å². The predicted molar refractivity (Wildman–Crippen MR) is 112 cm³/mol. The van der Waals surface area contributed by atoms with Crippen molar-refractivity contribution in [1.29, 1.82) is 0 Å². The van der Waals surface area contributed by atoms with E-state index in [0.717, 1.165) is 23.7 Å². The molecule has 1 aliphatic heterocycles. The highest BCUT2D eigenvalue weighted by Crippen LogP contribution is 2.26. The van der Waals surface area contributed by atoms with Gasteiger partial charge in [-0.15, -0.1) is 0 Å². The van der Waals surface area contributed by atoms with Gasteiger partial charge in [0.15, 0.2) is 0 Å². The Hall–Kier alpha value is -1.71. The molecule has 1 saturated heterocycles. The second-order valence-electron chi connectivity index (χ2n) is 7.00. The van der Waals surface area contributed by atoms with Gasteiger partial charge < -0.3 is 5.32 Å². The molecule has 0 radical (unpaired) electrons. The van der Waals surface area contributed by atoms with E-state index in [1.807, 2.05) is 24.3 Å². The number of aryl methyl sites for hydroxylation is 2. The molecule has 1 aromatic carbocycles. The minimum absolute atomic E-state index is 0.147. The van der Waals surface area contributed by atoms with E-state index in [-0.39, 0.29) is 17.2 Å². The molecule has 1 amide bonds. The minimum Gasteiger partial charge on any atom is -0.326 e. The van der Waals surface area contributed by atoms with Crippen LogP contribution in [0.5, 0.6) is 0 Å². The standard InChI is InChI=1S/C19H25BrN4O3S/c1-14-19(28(26,27)23-10-4-3-5-11-23)15(2)24(22-14)12-9-18(25)21-17-8-6-7-16(20)13-17/h6-8,13H,3-5,9-12H2,1-2H3,(H,21,25). The maximum atomic E-state index is 13.0. The Kier molecular flexibility index (Phi) is 6.57. The van der Waals surface area contributed by atoms with Gasteiger partial charge in [0.2, 0.25) is 15.9 Å². The smallest absolute Gasteiger partial charge is 0.246 e. The normalized spacial score (nSPS) is 15.5. The third-order valence-corrected chi connectivity index (χ3v) is 7.53. The van der Waals surface area contributed by atoms with E-state index in [9.17, 15) is 13.2 Å². The van der Waals surface area contributed by atoms with Gasteiger partial charge in [-0.25, -0.2) is 8.42 Å². The fraction of sp³-hybridized carbons (Fsp3) is 0.474. The average Bonchev–Trinajstić information content (AvgIpc) is 2.95. The number of nitrogens with zero attached hydrogens (tertiary/aromatic N) is 3. The minimum atomic E-state index is -3.55. The first-order valence-electron chi connectivity index (χ1n) is 9.38. The van der Waals surface area contributed by atoms with Crippen LogP contribution < -0.4 is 5.32 Å². The first kappa shape index (κ1) is 21.0. The van der Waals surface area contributed by atoms with Crippen LogP contribution in [-0.4, -0.2) is 41.5 Å². The summed E-state index contributed by atoms with van der Waals surface area (Å²) >= 11 is 3.37. The number of carbonyl (C=O) groups excluding carboxylic acids is 1. The highest BCUT2D eigenvalue weighted by Gasteiger charge is 2.31. The Bertz CT molecular complexity index is 966. The number of piperidine rings is 1. The number of hydrogen-bond acceptors (Lipinski definition) is 4. The lowest BCUT2D eigenvalue weighted by Crippen LogP contribution is -2.36. The van der Waals surface area contributed by atoms with Gasteiger partial charge in [0.05, 0.1) is 17.9 Å². The van der Waals surface area contributed by atoms with Gasteiger partial charge in [-0.3, -0.25) is 9.48 Å². The summed E-state index contributed by atoms with van der Waals surface area (Å²) in [5.74, 6) is -0.147. The highest BCUT2D eigenvalue weighted by molar-refractivity contribution is 9.10. The zero-order valence-electron chi connectivity index (χ0n) is 16.1. The largest absolute Gasteiger partial charge is 0.326 e. The van der Waals surface area contributed by atoms with Crippen molar-refractivity contribution < 1.29 is 13.2 Å². The predicted octanol–water partition coefficient (Wildman–Crippen LogP) is 3.47. The maximum absolute atomic E-state index is 13.0. The molecule has 0 saturated carbocycles. The van der Waals surface area contributed by atoms with Gasteiger partial charge >= 0.3 is 0 Å². The van der Waals surface area contributed by atoms with Crippen molar-refractivity contribution in [2.45, 2.75) is 51.0 Å². The molecule has 0 bridgehead atoms. The molecule has 2 heterocycles. The first-order valence-corrected chi connectivity index (χ1v) is 11.6. The lowest BCUT2D eigenvalue weighted by molar-refractivity contribution is -0.116. The Morgan fingerprint density at radius 2 is 1.93 bits per heavy atom. The topological polar surface area (TPSA) is 84.3 Å². The molecule has 28 heavy (non-hydrogen) atoms. The van der Waals surface area contributed by atoms with E-state index in [1.54, 1.807) is 22.8 Å². The molecular weight excluding hydrogens is 444 g/mol. The summed E-state index contributed by atoms with van der Waals surface area (Å²) in [6, 6.07) is 7.37. The third-order valence-electron chi connectivity index (χ3n) is 4.89. The molecule has 1 aliphatic rings. The van der Waals surface area contributed by atoms with Crippen molar-refractivity contribution in [3.8, 4) is 0 Å². The fourth-order valence-electron chi connectivity index (χ4n) is 3.50. The first-order chi connectivity index (χ1) is 13.3. The van der Waals surface area contributed by atoms with Crippen LogP contribution in [0.15, 0.2) is 33.6 Å². The molecule has 0 unspecified atom stereocenters. The second kappa shape index (κ2) is 8.75. The number of anilines is 1. The van der Waals surface area contributed by atoms with Crippen molar-refractivity contribution in [3.63, 3.8) is 0 Å². The van der Waals surface area contributed by atoms with Gasteiger partial charge in [0.1, 0.15) is 4.90 Å². The van der Waals surface area contributed by atoms with Crippen LogP contribution >= 0.6 is 15.9 Å². The fourth-order valence-corrected chi connectivity index (χ4v) is 5.79. The monoisotopic (exact) mass is 468 g/mol. The summed E-state index contributed by atoms with van der Waals surface area (Å²) in [5, 5.41) is 7.23. The lowest BCUT2D eigenvalue weighted by atomic mass is 10.2. The van der Waals surface area contributed by atoms with E-state index in [0.29, 0.717) is 36.7 Å². The molecular formula is C19H25BrN4O3S. The number of amides is 1. The summed E-state index contributed by atoms with van der Waals surface area (Å²) in [5.41, 5.74) is 1.77. The quantitative estimate of drug-likeness (QED) is 0.703. The van der Waals surface area contributed by atoms with Crippen LogP contribution in [0.2, 0.25) is 0 Å². The van der Waals surface area contributed by atoms with Crippen molar-refractivity contribution in [2.24, 2.45) is 0 Å². The molecule has 0 aliphatic carbocycles. The Morgan fingerprint density at radius 3 is 2.61 bits per heavy atom. The molecule has 0 atom stereocenters. The lowest BCUT2D eigenvalue weighted by Gasteiger charge is -2.26. The summed E-state index contributed by atoms with van der Waals surface area (Å²) in [4.78, 5) is 12.5. The van der Waals surface area contributed by atoms with E-state index < -0.39 is 10.0 Å². The molecule has 7 nitrogen and oxygen atoms in total. The van der Waals surface area contributed by atoms with Gasteiger partial charge in [0.25, 0.3) is 0 Å². The van der Waals surface area contributed by atoms with Gasteiger partial charge in [-0.05, 0) is 44.9 Å². The van der Waals surface area contributed by atoms with E-state index in [2.05, 4.69) is 26.3 Å². The van der Waals surface area contributed by atoms with Crippen molar-refractivity contribution in [3.05, 3.63) is 40.1 Å². The van der Waals surface area contributed by atoms with Gasteiger partial charge in [-0.1, -0.05) is 28.4 Å². The molecule has 1 N–H and O–H groups in total. The van der Waals surface area contributed by atoms with Crippen LogP contribution in [0.25, 0.3) is 0 Å². The van der Waals surface area contributed by atoms with Crippen molar-refractivity contribution in [1.82, 2.24) is 14.1 Å². The summed E-state index contributed by atoms with van der Waals surface area (Å²) in [6.45, 7) is 4.90. The van der Waals surface area contributed by atoms with Crippen LogP contribution in [0, 0.1) is 13.8 Å². The molecule has 3 rings (SSSR count). The van der Waals surface area contributed by atoms with Gasteiger partial charge in [0, 0.05) is 29.7 Å². The Morgan fingerprint density at radius 1 is 1.21 bits per heavy atom. The number of benzene rings is 1. The van der Waals surface area contributed by atoms with Crippen LogP contribution in [0.4, 0.5) is 5.69 Å². The summed E-state index contributed by atoms with van der Waals surface area (Å²) < 4.78 is 30.1. The number of hydrogen-bond donors (Lipinski definition) is 1. The molecule has 1 fully saturated rings. The van der Waals surface area contributed by atoms with Crippen molar-refractivity contribution in [2.75, 3.05) is 18.4 Å². The molecule has 9 heteroatoms. The molecule has 152 valence electrons. The number of sulfonamides is 1. The number of halogens is 1. The Labute approximate surface area is 174 Å².